The number of carbonyl (C=O) groups excluding carboxylic acids is 3. The summed E-state index contributed by atoms with van der Waals surface area (Å²) in [6, 6.07) is 6.42. The van der Waals surface area contributed by atoms with Gasteiger partial charge in [-0.3, -0.25) is 14.9 Å². The average Bonchev–Trinajstić information content (AvgIpc) is 3.07. The summed E-state index contributed by atoms with van der Waals surface area (Å²) in [5.41, 5.74) is 6.37. The number of rotatable bonds is 7. The number of nitrogens with two attached hydrogens (primary N) is 1. The van der Waals surface area contributed by atoms with Crippen LogP contribution in [0.4, 0.5) is 4.79 Å². The number of imide groups is 1. The molecule has 2 aromatic rings. The molecule has 9 heteroatoms. The minimum Gasteiger partial charge on any atom is -0.497 e. The number of carbonyl (C=O) groups is 3. The first-order valence-electron chi connectivity index (χ1n) is 8.18. The van der Waals surface area contributed by atoms with Gasteiger partial charge in [-0.25, -0.2) is 9.78 Å². The Bertz CT molecular complexity index is 817. The Labute approximate surface area is 160 Å². The van der Waals surface area contributed by atoms with E-state index in [1.807, 2.05) is 29.6 Å². The van der Waals surface area contributed by atoms with Gasteiger partial charge in [0.15, 0.2) is 6.10 Å². The molecule has 1 heterocycles. The van der Waals surface area contributed by atoms with Crippen LogP contribution in [-0.4, -0.2) is 36.1 Å². The molecule has 3 amide bonds. The third-order valence-corrected chi connectivity index (χ3v) is 4.52. The Hall–Kier alpha value is -2.94. The Morgan fingerprint density at radius 2 is 1.89 bits per heavy atom. The van der Waals surface area contributed by atoms with Crippen molar-refractivity contribution in [2.24, 2.45) is 11.7 Å². The highest BCUT2D eigenvalue weighted by atomic mass is 32.1. The molecule has 1 atom stereocenters. The van der Waals surface area contributed by atoms with Gasteiger partial charge in [0.05, 0.1) is 19.2 Å². The number of hydrogen-bond acceptors (Lipinski definition) is 7. The summed E-state index contributed by atoms with van der Waals surface area (Å²) in [6.07, 6.45) is -1.19. The number of amides is 3. The number of nitrogens with zero attached hydrogens (tertiary/aromatic N) is 1. The zero-order valence-corrected chi connectivity index (χ0v) is 16.0. The van der Waals surface area contributed by atoms with Crippen molar-refractivity contribution < 1.29 is 23.9 Å². The number of aromatic nitrogens is 1. The molecule has 0 fully saturated rings. The molecule has 0 saturated heterocycles. The highest BCUT2D eigenvalue weighted by Gasteiger charge is 2.27. The summed E-state index contributed by atoms with van der Waals surface area (Å²) in [6.45, 7) is 3.40. The number of benzene rings is 1. The molecular weight excluding hydrogens is 370 g/mol. The molecular formula is C18H21N3O5S. The summed E-state index contributed by atoms with van der Waals surface area (Å²) < 4.78 is 10.3. The second-order valence-electron chi connectivity index (χ2n) is 6.06. The predicted octanol–water partition coefficient (Wildman–Crippen LogP) is 2.12. The van der Waals surface area contributed by atoms with Crippen LogP contribution in [0.5, 0.6) is 5.75 Å². The predicted molar refractivity (Wildman–Crippen MR) is 100 cm³/mol. The van der Waals surface area contributed by atoms with Crippen LogP contribution in [0.15, 0.2) is 29.6 Å². The lowest BCUT2D eigenvalue weighted by molar-refractivity contribution is -0.157. The van der Waals surface area contributed by atoms with Gasteiger partial charge in [-0.1, -0.05) is 13.8 Å². The van der Waals surface area contributed by atoms with Gasteiger partial charge in [0, 0.05) is 10.9 Å². The van der Waals surface area contributed by atoms with Crippen molar-refractivity contribution in [2.75, 3.05) is 7.11 Å². The van der Waals surface area contributed by atoms with Gasteiger partial charge in [-0.15, -0.1) is 11.3 Å². The van der Waals surface area contributed by atoms with Gasteiger partial charge in [0.1, 0.15) is 10.8 Å². The topological polar surface area (TPSA) is 121 Å². The molecule has 3 N–H and O–H groups in total. The maximum absolute atomic E-state index is 12.2. The third kappa shape index (κ3) is 5.78. The highest BCUT2D eigenvalue weighted by molar-refractivity contribution is 7.13. The number of thiazole rings is 1. The fourth-order valence-corrected chi connectivity index (χ4v) is 3.10. The Morgan fingerprint density at radius 1 is 1.22 bits per heavy atom. The molecule has 0 radical (unpaired) electrons. The summed E-state index contributed by atoms with van der Waals surface area (Å²) in [5, 5.41) is 4.44. The van der Waals surface area contributed by atoms with E-state index in [4.69, 9.17) is 15.2 Å². The summed E-state index contributed by atoms with van der Waals surface area (Å²) in [7, 11) is 1.59. The monoisotopic (exact) mass is 391 g/mol. The van der Waals surface area contributed by atoms with Gasteiger partial charge < -0.3 is 15.2 Å². The Kier molecular flexibility index (Phi) is 6.89. The van der Waals surface area contributed by atoms with Gasteiger partial charge in [-0.2, -0.15) is 0 Å². The molecule has 1 aromatic carbocycles. The molecule has 0 aliphatic rings. The smallest absolute Gasteiger partial charge is 0.318 e. The molecule has 144 valence electrons. The van der Waals surface area contributed by atoms with Crippen molar-refractivity contribution in [1.82, 2.24) is 10.3 Å². The number of urea groups is 1. The lowest BCUT2D eigenvalue weighted by Gasteiger charge is -2.19. The highest BCUT2D eigenvalue weighted by Crippen LogP contribution is 2.26. The van der Waals surface area contributed by atoms with Crippen molar-refractivity contribution >= 4 is 29.2 Å². The number of primary amides is 1. The molecule has 1 aromatic heterocycles. The van der Waals surface area contributed by atoms with E-state index < -0.39 is 24.0 Å². The SMILES string of the molecule is COc1ccc(-c2nc(CC(=O)O[C@H](C(=O)NC(N)=O)C(C)C)cs2)cc1. The Balaban J connectivity index is 2.01. The number of esters is 1. The summed E-state index contributed by atoms with van der Waals surface area (Å²) in [5.74, 6) is -0.936. The number of nitrogens with one attached hydrogen (secondary N) is 1. The van der Waals surface area contributed by atoms with Crippen LogP contribution in [-0.2, 0) is 20.7 Å². The van der Waals surface area contributed by atoms with E-state index in [0.29, 0.717) is 5.69 Å². The second kappa shape index (κ2) is 9.13. The van der Waals surface area contributed by atoms with Gasteiger partial charge in [0.25, 0.3) is 5.91 Å². The van der Waals surface area contributed by atoms with E-state index in [9.17, 15) is 14.4 Å². The van der Waals surface area contributed by atoms with Crippen LogP contribution in [0.25, 0.3) is 10.6 Å². The average molecular weight is 391 g/mol. The molecule has 0 unspecified atom stereocenters. The van der Waals surface area contributed by atoms with Crippen LogP contribution in [0.2, 0.25) is 0 Å². The fourth-order valence-electron chi connectivity index (χ4n) is 2.27. The third-order valence-electron chi connectivity index (χ3n) is 3.58. The maximum Gasteiger partial charge on any atom is 0.318 e. The fraction of sp³-hybridized carbons (Fsp3) is 0.333. The van der Waals surface area contributed by atoms with E-state index in [1.165, 1.54) is 11.3 Å². The van der Waals surface area contributed by atoms with Crippen molar-refractivity contribution in [3.8, 4) is 16.3 Å². The van der Waals surface area contributed by atoms with E-state index in [0.717, 1.165) is 16.3 Å². The van der Waals surface area contributed by atoms with Gasteiger partial charge >= 0.3 is 12.0 Å². The van der Waals surface area contributed by atoms with Crippen molar-refractivity contribution in [3.63, 3.8) is 0 Å². The van der Waals surface area contributed by atoms with Crippen LogP contribution < -0.4 is 15.8 Å². The first kappa shape index (κ1) is 20.4. The van der Waals surface area contributed by atoms with Gasteiger partial charge in [0.2, 0.25) is 0 Å². The molecule has 2 rings (SSSR count). The van der Waals surface area contributed by atoms with E-state index in [1.54, 1.807) is 26.3 Å². The van der Waals surface area contributed by atoms with Crippen LogP contribution in [0, 0.1) is 5.92 Å². The van der Waals surface area contributed by atoms with E-state index in [2.05, 4.69) is 4.98 Å². The summed E-state index contributed by atoms with van der Waals surface area (Å²) >= 11 is 1.40. The number of hydrogen-bond donors (Lipinski definition) is 2. The standard InChI is InChI=1S/C18H21N3O5S/c1-10(2)15(16(23)21-18(19)24)26-14(22)8-12-9-27-17(20-12)11-4-6-13(25-3)7-5-11/h4-7,9-10,15H,8H2,1-3H3,(H3,19,21,23,24)/t15-/m0/s1. The largest absolute Gasteiger partial charge is 0.497 e. The second-order valence-corrected chi connectivity index (χ2v) is 6.92. The van der Waals surface area contributed by atoms with Crippen LogP contribution in [0.1, 0.15) is 19.5 Å². The molecule has 0 aliphatic heterocycles. The zero-order chi connectivity index (χ0) is 20.0. The minimum absolute atomic E-state index is 0.0836. The number of ether oxygens (including phenoxy) is 2. The molecule has 0 bridgehead atoms. The lowest BCUT2D eigenvalue weighted by atomic mass is 10.1. The molecule has 0 aliphatic carbocycles. The Morgan fingerprint density at radius 3 is 2.44 bits per heavy atom. The number of methoxy groups -OCH3 is 1. The van der Waals surface area contributed by atoms with Crippen LogP contribution in [0.3, 0.4) is 0 Å². The molecule has 0 spiro atoms. The van der Waals surface area contributed by atoms with E-state index in [-0.39, 0.29) is 12.3 Å². The van der Waals surface area contributed by atoms with Gasteiger partial charge in [-0.05, 0) is 30.2 Å². The quantitative estimate of drug-likeness (QED) is 0.698. The lowest BCUT2D eigenvalue weighted by Crippen LogP contribution is -2.45. The molecule has 0 saturated carbocycles. The first-order valence-corrected chi connectivity index (χ1v) is 9.06. The molecule has 27 heavy (non-hydrogen) atoms. The first-order chi connectivity index (χ1) is 12.8. The molecule has 8 nitrogen and oxygen atoms in total. The van der Waals surface area contributed by atoms with Crippen LogP contribution >= 0.6 is 11.3 Å². The van der Waals surface area contributed by atoms with Crippen molar-refractivity contribution in [3.05, 3.63) is 35.3 Å². The summed E-state index contributed by atoms with van der Waals surface area (Å²) in [4.78, 5) is 39.3. The normalized spacial score (nSPS) is 11.7. The minimum atomic E-state index is -1.11. The van der Waals surface area contributed by atoms with Crippen molar-refractivity contribution in [2.45, 2.75) is 26.4 Å². The van der Waals surface area contributed by atoms with Crippen molar-refractivity contribution in [1.29, 1.82) is 0 Å². The maximum atomic E-state index is 12.2. The zero-order valence-electron chi connectivity index (χ0n) is 15.2. The van der Waals surface area contributed by atoms with E-state index >= 15 is 0 Å².